The van der Waals surface area contributed by atoms with Gasteiger partial charge < -0.3 is 15.3 Å². The van der Waals surface area contributed by atoms with Gasteiger partial charge in [0.1, 0.15) is 0 Å². The zero-order valence-electron chi connectivity index (χ0n) is 9.48. The van der Waals surface area contributed by atoms with E-state index in [0.717, 1.165) is 25.9 Å². The van der Waals surface area contributed by atoms with Crippen LogP contribution in [0.3, 0.4) is 0 Å². The Morgan fingerprint density at radius 2 is 2.12 bits per heavy atom. The number of carboxylic acid groups (broad SMARTS) is 1. The van der Waals surface area contributed by atoms with Gasteiger partial charge in [-0.1, -0.05) is 0 Å². The molecule has 5 heteroatoms. The first-order valence-electron chi connectivity index (χ1n) is 5.79. The second-order valence-electron chi connectivity index (χ2n) is 4.90. The number of nitrogens with zero attached hydrogens (tertiary/aromatic N) is 1. The van der Waals surface area contributed by atoms with Gasteiger partial charge in [-0.15, -0.1) is 0 Å². The molecule has 1 aliphatic carbocycles. The highest BCUT2D eigenvalue weighted by Crippen LogP contribution is 2.38. The van der Waals surface area contributed by atoms with E-state index in [1.807, 2.05) is 7.05 Å². The number of piperidine rings is 1. The number of likely N-dealkylation sites (N-methyl/N-ethyl adjacent to an activating group) is 1. The van der Waals surface area contributed by atoms with E-state index in [9.17, 15) is 9.59 Å². The summed E-state index contributed by atoms with van der Waals surface area (Å²) in [6.07, 6.45) is 2.60. The Kier molecular flexibility index (Phi) is 3.14. The molecule has 0 spiro atoms. The number of carboxylic acids is 1. The maximum atomic E-state index is 11.7. The Morgan fingerprint density at radius 3 is 2.69 bits per heavy atom. The summed E-state index contributed by atoms with van der Waals surface area (Å²) in [6, 6.07) is 0.196. The summed E-state index contributed by atoms with van der Waals surface area (Å²) in [7, 11) is 2.04. The zero-order chi connectivity index (χ0) is 11.7. The molecule has 3 unspecified atom stereocenters. The molecule has 2 fully saturated rings. The van der Waals surface area contributed by atoms with Crippen LogP contribution in [0.25, 0.3) is 0 Å². The van der Waals surface area contributed by atoms with Crippen LogP contribution >= 0.6 is 0 Å². The molecule has 16 heavy (non-hydrogen) atoms. The summed E-state index contributed by atoms with van der Waals surface area (Å²) in [5.41, 5.74) is 0. The first-order chi connectivity index (χ1) is 7.58. The third kappa shape index (κ3) is 2.52. The van der Waals surface area contributed by atoms with Crippen LogP contribution in [0, 0.1) is 11.8 Å². The number of carbonyl (C=O) groups excluding carboxylic acids is 1. The predicted octanol–water partition coefficient (Wildman–Crippen LogP) is -0.0825. The standard InChI is InChI=1S/C11H18N2O3/c1-13-4-2-3-7(6-13)12-10(14)8-5-9(8)11(15)16/h7-9H,2-6H2,1H3,(H,12,14)(H,15,16). The summed E-state index contributed by atoms with van der Waals surface area (Å²) >= 11 is 0. The van der Waals surface area contributed by atoms with Gasteiger partial charge in [-0.25, -0.2) is 0 Å². The lowest BCUT2D eigenvalue weighted by Gasteiger charge is -2.30. The van der Waals surface area contributed by atoms with Crippen molar-refractivity contribution in [2.45, 2.75) is 25.3 Å². The van der Waals surface area contributed by atoms with Gasteiger partial charge in [0.2, 0.25) is 5.91 Å². The first kappa shape index (κ1) is 11.4. The average molecular weight is 226 g/mol. The fourth-order valence-corrected chi connectivity index (χ4v) is 2.35. The quantitative estimate of drug-likeness (QED) is 0.706. The SMILES string of the molecule is CN1CCCC(NC(=O)C2CC2C(=O)O)C1. The number of hydrogen-bond acceptors (Lipinski definition) is 3. The van der Waals surface area contributed by atoms with Crippen molar-refractivity contribution in [1.82, 2.24) is 10.2 Å². The molecule has 1 amide bonds. The molecule has 2 N–H and O–H groups in total. The molecule has 0 aromatic carbocycles. The van der Waals surface area contributed by atoms with Gasteiger partial charge in [0.05, 0.1) is 11.8 Å². The Morgan fingerprint density at radius 1 is 1.38 bits per heavy atom. The third-order valence-corrected chi connectivity index (χ3v) is 3.42. The van der Waals surface area contributed by atoms with Gasteiger partial charge in [-0.05, 0) is 32.9 Å². The minimum atomic E-state index is -0.846. The van der Waals surface area contributed by atoms with Crippen molar-refractivity contribution < 1.29 is 14.7 Å². The summed E-state index contributed by atoms with van der Waals surface area (Å²) < 4.78 is 0. The average Bonchev–Trinajstić information content (AvgIpc) is 2.96. The van der Waals surface area contributed by atoms with E-state index in [4.69, 9.17) is 5.11 Å². The summed E-state index contributed by atoms with van der Waals surface area (Å²) in [5, 5.41) is 11.7. The van der Waals surface area contributed by atoms with Gasteiger partial charge >= 0.3 is 5.97 Å². The minimum Gasteiger partial charge on any atom is -0.481 e. The molecule has 1 saturated heterocycles. The van der Waals surface area contributed by atoms with Gasteiger partial charge in [0, 0.05) is 12.6 Å². The third-order valence-electron chi connectivity index (χ3n) is 3.42. The Balaban J connectivity index is 1.77. The highest BCUT2D eigenvalue weighted by atomic mass is 16.4. The predicted molar refractivity (Wildman–Crippen MR) is 57.9 cm³/mol. The van der Waals surface area contributed by atoms with E-state index in [0.29, 0.717) is 6.42 Å². The van der Waals surface area contributed by atoms with Crippen molar-refractivity contribution in [2.24, 2.45) is 11.8 Å². The zero-order valence-corrected chi connectivity index (χ0v) is 9.48. The molecule has 0 bridgehead atoms. The topological polar surface area (TPSA) is 69.6 Å². The molecule has 0 radical (unpaired) electrons. The molecule has 0 aromatic heterocycles. The van der Waals surface area contributed by atoms with Crippen molar-refractivity contribution in [1.29, 1.82) is 0 Å². The number of likely N-dealkylation sites (tertiary alicyclic amines) is 1. The van der Waals surface area contributed by atoms with Crippen molar-refractivity contribution in [2.75, 3.05) is 20.1 Å². The van der Waals surface area contributed by atoms with E-state index >= 15 is 0 Å². The van der Waals surface area contributed by atoms with E-state index in [-0.39, 0.29) is 17.9 Å². The molecule has 2 rings (SSSR count). The van der Waals surface area contributed by atoms with E-state index in [1.165, 1.54) is 0 Å². The summed E-state index contributed by atoms with van der Waals surface area (Å²) in [5.74, 6) is -1.65. The van der Waals surface area contributed by atoms with Crippen LogP contribution in [0.5, 0.6) is 0 Å². The molecular weight excluding hydrogens is 208 g/mol. The number of rotatable bonds is 3. The van der Waals surface area contributed by atoms with Gasteiger partial charge in [-0.2, -0.15) is 0 Å². The fourth-order valence-electron chi connectivity index (χ4n) is 2.35. The fraction of sp³-hybridized carbons (Fsp3) is 0.818. The van der Waals surface area contributed by atoms with Crippen molar-refractivity contribution in [3.8, 4) is 0 Å². The molecule has 1 heterocycles. The van der Waals surface area contributed by atoms with Gasteiger partial charge in [-0.3, -0.25) is 9.59 Å². The molecular formula is C11H18N2O3. The van der Waals surface area contributed by atoms with Crippen LogP contribution in [0.2, 0.25) is 0 Å². The number of hydrogen-bond donors (Lipinski definition) is 2. The van der Waals surface area contributed by atoms with E-state index in [1.54, 1.807) is 0 Å². The van der Waals surface area contributed by atoms with Crippen LogP contribution in [0.15, 0.2) is 0 Å². The van der Waals surface area contributed by atoms with Crippen molar-refractivity contribution in [3.05, 3.63) is 0 Å². The summed E-state index contributed by atoms with van der Waals surface area (Å²) in [4.78, 5) is 24.5. The lowest BCUT2D eigenvalue weighted by Crippen LogP contribution is -2.47. The molecule has 1 aliphatic heterocycles. The monoisotopic (exact) mass is 226 g/mol. The Hall–Kier alpha value is -1.10. The van der Waals surface area contributed by atoms with Crippen LogP contribution in [0.1, 0.15) is 19.3 Å². The molecule has 3 atom stereocenters. The smallest absolute Gasteiger partial charge is 0.307 e. The largest absolute Gasteiger partial charge is 0.481 e. The van der Waals surface area contributed by atoms with Crippen LogP contribution in [0.4, 0.5) is 0 Å². The molecule has 5 nitrogen and oxygen atoms in total. The van der Waals surface area contributed by atoms with Gasteiger partial charge in [0.15, 0.2) is 0 Å². The highest BCUT2D eigenvalue weighted by molar-refractivity contribution is 5.89. The van der Waals surface area contributed by atoms with Gasteiger partial charge in [0.25, 0.3) is 0 Å². The molecule has 90 valence electrons. The molecule has 1 saturated carbocycles. The maximum Gasteiger partial charge on any atom is 0.307 e. The van der Waals surface area contributed by atoms with E-state index < -0.39 is 11.9 Å². The lowest BCUT2D eigenvalue weighted by atomic mass is 10.1. The van der Waals surface area contributed by atoms with Crippen molar-refractivity contribution in [3.63, 3.8) is 0 Å². The number of nitrogens with one attached hydrogen (secondary N) is 1. The second kappa shape index (κ2) is 4.41. The number of amides is 1. The normalized spacial score (nSPS) is 34.4. The van der Waals surface area contributed by atoms with Crippen molar-refractivity contribution >= 4 is 11.9 Å². The Bertz CT molecular complexity index is 306. The molecule has 0 aromatic rings. The van der Waals surface area contributed by atoms with Crippen LogP contribution in [-0.4, -0.2) is 48.1 Å². The van der Waals surface area contributed by atoms with E-state index in [2.05, 4.69) is 10.2 Å². The number of aliphatic carboxylic acids is 1. The van der Waals surface area contributed by atoms with Crippen LogP contribution < -0.4 is 5.32 Å². The Labute approximate surface area is 94.8 Å². The first-order valence-corrected chi connectivity index (χ1v) is 5.79. The number of carbonyl (C=O) groups is 2. The lowest BCUT2D eigenvalue weighted by molar-refractivity contribution is -0.140. The highest BCUT2D eigenvalue weighted by Gasteiger charge is 2.48. The summed E-state index contributed by atoms with van der Waals surface area (Å²) in [6.45, 7) is 1.95. The van der Waals surface area contributed by atoms with Crippen LogP contribution in [-0.2, 0) is 9.59 Å². The second-order valence-corrected chi connectivity index (χ2v) is 4.90. The minimum absolute atomic E-state index is 0.0762. The maximum absolute atomic E-state index is 11.7. The molecule has 2 aliphatic rings.